The van der Waals surface area contributed by atoms with E-state index >= 15 is 0 Å². The van der Waals surface area contributed by atoms with E-state index in [1.165, 1.54) is 11.3 Å². The Labute approximate surface area is 174 Å². The quantitative estimate of drug-likeness (QED) is 0.500. The Hall–Kier alpha value is -2.64. The molecule has 0 bridgehead atoms. The molecule has 1 aromatic heterocycles. The van der Waals surface area contributed by atoms with Crippen LogP contribution in [-0.2, 0) is 22.5 Å². The number of methoxy groups -OCH3 is 1. The number of hydrogen-bond acceptors (Lipinski definition) is 5. The van der Waals surface area contributed by atoms with Crippen LogP contribution in [0.15, 0.2) is 47.5 Å². The van der Waals surface area contributed by atoms with Crippen LogP contribution in [0.4, 0.5) is 0 Å². The fraction of sp³-hybridized carbons (Fsp3) is 0.364. The summed E-state index contributed by atoms with van der Waals surface area (Å²) in [6.45, 7) is 6.38. The minimum atomic E-state index is -0.194. The van der Waals surface area contributed by atoms with Crippen LogP contribution >= 0.6 is 11.3 Å². The van der Waals surface area contributed by atoms with Gasteiger partial charge >= 0.3 is 0 Å². The molecule has 0 aliphatic rings. The Bertz CT molecular complexity index is 1040. The molecule has 0 aliphatic carbocycles. The van der Waals surface area contributed by atoms with Gasteiger partial charge in [-0.15, -0.1) is 0 Å². The Morgan fingerprint density at radius 1 is 1.10 bits per heavy atom. The van der Waals surface area contributed by atoms with Crippen molar-refractivity contribution >= 4 is 27.5 Å². The Morgan fingerprint density at radius 3 is 2.72 bits per heavy atom. The average molecular weight is 415 g/mol. The van der Waals surface area contributed by atoms with Gasteiger partial charge in [0, 0.05) is 13.2 Å². The molecule has 3 rings (SSSR count). The van der Waals surface area contributed by atoms with E-state index < -0.39 is 0 Å². The second-order valence-electron chi connectivity index (χ2n) is 6.33. The zero-order valence-electron chi connectivity index (χ0n) is 17.0. The number of carbonyl (C=O) groups excluding carboxylic acids is 1. The number of amides is 1. The number of rotatable bonds is 9. The SMILES string of the molecule is CCOCCn1c(=NC(=O)Cc2cccc(OC)c2)sc2cc(OCC)ccc21. The lowest BCUT2D eigenvalue weighted by Gasteiger charge is -2.06. The van der Waals surface area contributed by atoms with Gasteiger partial charge in [-0.3, -0.25) is 4.79 Å². The first-order valence-corrected chi connectivity index (χ1v) is 10.5. The molecule has 29 heavy (non-hydrogen) atoms. The van der Waals surface area contributed by atoms with Crippen molar-refractivity contribution in [1.82, 2.24) is 4.57 Å². The van der Waals surface area contributed by atoms with Crippen molar-refractivity contribution in [3.63, 3.8) is 0 Å². The third-order valence-electron chi connectivity index (χ3n) is 4.34. The number of ether oxygens (including phenoxy) is 3. The molecule has 0 spiro atoms. The second kappa shape index (κ2) is 10.2. The molecule has 0 saturated heterocycles. The Balaban J connectivity index is 1.93. The maximum atomic E-state index is 12.6. The van der Waals surface area contributed by atoms with E-state index in [0.29, 0.717) is 31.2 Å². The van der Waals surface area contributed by atoms with Crippen molar-refractivity contribution in [3.05, 3.63) is 52.8 Å². The third kappa shape index (κ3) is 5.46. The molecule has 0 atom stereocenters. The minimum Gasteiger partial charge on any atom is -0.497 e. The maximum absolute atomic E-state index is 12.6. The summed E-state index contributed by atoms with van der Waals surface area (Å²) in [5.41, 5.74) is 1.89. The summed E-state index contributed by atoms with van der Waals surface area (Å²) in [6, 6.07) is 13.4. The third-order valence-corrected chi connectivity index (χ3v) is 5.38. The zero-order valence-corrected chi connectivity index (χ0v) is 17.8. The van der Waals surface area contributed by atoms with Crippen LogP contribution in [-0.4, -0.2) is 37.4 Å². The molecule has 1 heterocycles. The van der Waals surface area contributed by atoms with Crippen LogP contribution in [0.2, 0.25) is 0 Å². The predicted octanol–water partition coefficient (Wildman–Crippen LogP) is 3.82. The lowest BCUT2D eigenvalue weighted by Crippen LogP contribution is -2.20. The summed E-state index contributed by atoms with van der Waals surface area (Å²) < 4.78 is 19.4. The van der Waals surface area contributed by atoms with Crippen LogP contribution in [0, 0.1) is 0 Å². The van der Waals surface area contributed by atoms with Crippen LogP contribution in [0.1, 0.15) is 19.4 Å². The predicted molar refractivity (Wildman–Crippen MR) is 115 cm³/mol. The molecule has 0 unspecified atom stereocenters. The molecule has 1 amide bonds. The van der Waals surface area contributed by atoms with Crippen LogP contribution in [0.25, 0.3) is 10.2 Å². The van der Waals surface area contributed by atoms with Gasteiger partial charge in [-0.1, -0.05) is 23.5 Å². The monoisotopic (exact) mass is 414 g/mol. The highest BCUT2D eigenvalue weighted by molar-refractivity contribution is 7.16. The van der Waals surface area contributed by atoms with Gasteiger partial charge in [-0.2, -0.15) is 4.99 Å². The van der Waals surface area contributed by atoms with Crippen LogP contribution < -0.4 is 14.3 Å². The number of thiazole rings is 1. The molecular formula is C22H26N2O4S. The molecule has 0 N–H and O–H groups in total. The highest BCUT2D eigenvalue weighted by Crippen LogP contribution is 2.23. The van der Waals surface area contributed by atoms with Gasteiger partial charge in [-0.05, 0) is 49.7 Å². The number of benzene rings is 2. The standard InChI is InChI=1S/C22H26N2O4S/c1-4-27-12-11-24-19-10-9-18(28-5-2)15-20(19)29-22(24)23-21(25)14-16-7-6-8-17(13-16)26-3/h6-10,13,15H,4-5,11-12,14H2,1-3H3. The second-order valence-corrected chi connectivity index (χ2v) is 7.34. The van der Waals surface area contributed by atoms with E-state index in [9.17, 15) is 4.79 Å². The highest BCUT2D eigenvalue weighted by Gasteiger charge is 2.10. The number of aromatic nitrogens is 1. The Morgan fingerprint density at radius 2 is 1.97 bits per heavy atom. The summed E-state index contributed by atoms with van der Waals surface area (Å²) in [4.78, 5) is 17.7. The molecule has 3 aromatic rings. The summed E-state index contributed by atoms with van der Waals surface area (Å²) >= 11 is 1.48. The largest absolute Gasteiger partial charge is 0.497 e. The van der Waals surface area contributed by atoms with E-state index in [4.69, 9.17) is 14.2 Å². The number of fused-ring (bicyclic) bond motifs is 1. The number of hydrogen-bond donors (Lipinski definition) is 0. The van der Waals surface area contributed by atoms with Gasteiger partial charge < -0.3 is 18.8 Å². The van der Waals surface area contributed by atoms with Gasteiger partial charge in [0.05, 0.1) is 37.0 Å². The molecule has 154 valence electrons. The molecule has 2 aromatic carbocycles. The van der Waals surface area contributed by atoms with E-state index in [2.05, 4.69) is 4.99 Å². The summed E-state index contributed by atoms with van der Waals surface area (Å²) in [5.74, 6) is 1.35. The van der Waals surface area contributed by atoms with Gasteiger partial charge in [-0.25, -0.2) is 0 Å². The fourth-order valence-electron chi connectivity index (χ4n) is 3.01. The molecule has 0 aliphatic heterocycles. The number of nitrogens with zero attached hydrogens (tertiary/aromatic N) is 2. The molecular weight excluding hydrogens is 388 g/mol. The van der Waals surface area contributed by atoms with Gasteiger partial charge in [0.1, 0.15) is 11.5 Å². The zero-order chi connectivity index (χ0) is 20.6. The van der Waals surface area contributed by atoms with Crippen molar-refractivity contribution in [2.45, 2.75) is 26.8 Å². The van der Waals surface area contributed by atoms with Crippen molar-refractivity contribution in [2.75, 3.05) is 26.9 Å². The van der Waals surface area contributed by atoms with Crippen molar-refractivity contribution < 1.29 is 19.0 Å². The van der Waals surface area contributed by atoms with Crippen molar-refractivity contribution in [3.8, 4) is 11.5 Å². The lowest BCUT2D eigenvalue weighted by molar-refractivity contribution is -0.117. The summed E-state index contributed by atoms with van der Waals surface area (Å²) in [5, 5.41) is 0. The van der Waals surface area contributed by atoms with E-state index in [1.807, 2.05) is 60.9 Å². The molecule has 7 heteroatoms. The highest BCUT2D eigenvalue weighted by atomic mass is 32.1. The first-order chi connectivity index (χ1) is 14.1. The van der Waals surface area contributed by atoms with Crippen molar-refractivity contribution in [1.29, 1.82) is 0 Å². The summed E-state index contributed by atoms with van der Waals surface area (Å²) in [7, 11) is 1.61. The van der Waals surface area contributed by atoms with Crippen LogP contribution in [0.5, 0.6) is 11.5 Å². The van der Waals surface area contributed by atoms with E-state index in [1.54, 1.807) is 7.11 Å². The fourth-order valence-corrected chi connectivity index (χ4v) is 4.12. The first-order valence-electron chi connectivity index (χ1n) is 9.69. The molecule has 6 nitrogen and oxygen atoms in total. The van der Waals surface area contributed by atoms with E-state index in [0.717, 1.165) is 27.3 Å². The van der Waals surface area contributed by atoms with Crippen molar-refractivity contribution in [2.24, 2.45) is 4.99 Å². The lowest BCUT2D eigenvalue weighted by atomic mass is 10.1. The topological polar surface area (TPSA) is 62.1 Å². The molecule has 0 radical (unpaired) electrons. The van der Waals surface area contributed by atoms with Crippen LogP contribution in [0.3, 0.4) is 0 Å². The average Bonchev–Trinajstić information content (AvgIpc) is 3.04. The molecule has 0 fully saturated rings. The summed E-state index contributed by atoms with van der Waals surface area (Å²) in [6.07, 6.45) is 0.223. The Kier molecular flexibility index (Phi) is 7.43. The first kappa shape index (κ1) is 21.1. The maximum Gasteiger partial charge on any atom is 0.252 e. The number of carbonyl (C=O) groups is 1. The smallest absolute Gasteiger partial charge is 0.252 e. The van der Waals surface area contributed by atoms with Gasteiger partial charge in [0.2, 0.25) is 0 Å². The molecule has 0 saturated carbocycles. The minimum absolute atomic E-state index is 0.194. The van der Waals surface area contributed by atoms with Gasteiger partial charge in [0.25, 0.3) is 5.91 Å². The van der Waals surface area contributed by atoms with E-state index in [-0.39, 0.29) is 12.3 Å². The normalized spacial score (nSPS) is 11.8. The van der Waals surface area contributed by atoms with Gasteiger partial charge in [0.15, 0.2) is 4.80 Å².